The highest BCUT2D eigenvalue weighted by Gasteiger charge is 2.25. The van der Waals surface area contributed by atoms with Crippen molar-refractivity contribution in [1.82, 2.24) is 9.88 Å². The molecule has 1 aromatic heterocycles. The standard InChI is InChI=1S/C17H22N2O2/c20-11-5-9-15-8-4-10-19(15)13-17-18-12-16(21-17)14-6-2-1-3-7-14/h1-3,6-7,12,15,20H,4-5,8-11,13H2. The number of likely N-dealkylation sites (tertiary alicyclic amines) is 1. The molecule has 1 N–H and O–H groups in total. The van der Waals surface area contributed by atoms with Crippen molar-refractivity contribution in [2.24, 2.45) is 0 Å². The average Bonchev–Trinajstić information content (AvgIpc) is 3.16. The minimum Gasteiger partial charge on any atom is -0.439 e. The summed E-state index contributed by atoms with van der Waals surface area (Å²) < 4.78 is 5.88. The largest absolute Gasteiger partial charge is 0.439 e. The van der Waals surface area contributed by atoms with Gasteiger partial charge in [0.25, 0.3) is 0 Å². The van der Waals surface area contributed by atoms with Gasteiger partial charge < -0.3 is 9.52 Å². The van der Waals surface area contributed by atoms with E-state index in [0.29, 0.717) is 6.04 Å². The first kappa shape index (κ1) is 14.3. The van der Waals surface area contributed by atoms with Gasteiger partial charge in [0.2, 0.25) is 5.89 Å². The zero-order chi connectivity index (χ0) is 14.5. The van der Waals surface area contributed by atoms with Crippen LogP contribution in [0, 0.1) is 0 Å². The van der Waals surface area contributed by atoms with Crippen LogP contribution < -0.4 is 0 Å². The Kier molecular flexibility index (Phi) is 4.68. The molecule has 3 rings (SSSR count). The number of aliphatic hydroxyl groups is 1. The second-order valence-electron chi connectivity index (χ2n) is 5.62. The van der Waals surface area contributed by atoms with E-state index in [2.05, 4.69) is 9.88 Å². The van der Waals surface area contributed by atoms with Crippen LogP contribution in [0.4, 0.5) is 0 Å². The minimum absolute atomic E-state index is 0.279. The van der Waals surface area contributed by atoms with Gasteiger partial charge in [-0.25, -0.2) is 4.98 Å². The number of nitrogens with zero attached hydrogens (tertiary/aromatic N) is 2. The van der Waals surface area contributed by atoms with Crippen molar-refractivity contribution in [2.75, 3.05) is 13.2 Å². The van der Waals surface area contributed by atoms with Crippen LogP contribution in [0.15, 0.2) is 40.9 Å². The molecule has 1 atom stereocenters. The van der Waals surface area contributed by atoms with Gasteiger partial charge in [-0.15, -0.1) is 0 Å². The van der Waals surface area contributed by atoms with E-state index in [9.17, 15) is 0 Å². The summed E-state index contributed by atoms with van der Waals surface area (Å²) in [6.45, 7) is 2.14. The maximum absolute atomic E-state index is 8.98. The van der Waals surface area contributed by atoms with E-state index in [1.807, 2.05) is 36.5 Å². The summed E-state index contributed by atoms with van der Waals surface area (Å²) in [7, 11) is 0. The molecule has 2 aromatic rings. The predicted molar refractivity (Wildman–Crippen MR) is 81.7 cm³/mol. The monoisotopic (exact) mass is 286 g/mol. The highest BCUT2D eigenvalue weighted by atomic mass is 16.4. The number of aliphatic hydroxyl groups excluding tert-OH is 1. The third-order valence-electron chi connectivity index (χ3n) is 4.14. The molecule has 1 saturated heterocycles. The summed E-state index contributed by atoms with van der Waals surface area (Å²) >= 11 is 0. The number of hydrogen-bond donors (Lipinski definition) is 1. The maximum Gasteiger partial charge on any atom is 0.209 e. The predicted octanol–water partition coefficient (Wildman–Crippen LogP) is 3.08. The lowest BCUT2D eigenvalue weighted by Gasteiger charge is -2.22. The second-order valence-corrected chi connectivity index (χ2v) is 5.62. The SMILES string of the molecule is OCCCC1CCCN1Cc1ncc(-c2ccccc2)o1. The van der Waals surface area contributed by atoms with Crippen molar-refractivity contribution < 1.29 is 9.52 Å². The van der Waals surface area contributed by atoms with Crippen molar-refractivity contribution in [2.45, 2.75) is 38.3 Å². The van der Waals surface area contributed by atoms with Gasteiger partial charge in [-0.2, -0.15) is 0 Å². The fourth-order valence-corrected chi connectivity index (χ4v) is 3.05. The zero-order valence-electron chi connectivity index (χ0n) is 12.2. The molecule has 4 nitrogen and oxygen atoms in total. The Balaban J connectivity index is 1.64. The Morgan fingerprint density at radius 2 is 2.14 bits per heavy atom. The molecule has 0 spiro atoms. The van der Waals surface area contributed by atoms with E-state index in [-0.39, 0.29) is 6.61 Å². The fourth-order valence-electron chi connectivity index (χ4n) is 3.05. The smallest absolute Gasteiger partial charge is 0.209 e. The van der Waals surface area contributed by atoms with Crippen LogP contribution in [0.3, 0.4) is 0 Å². The van der Waals surface area contributed by atoms with Gasteiger partial charge in [0.1, 0.15) is 0 Å². The maximum atomic E-state index is 8.98. The minimum atomic E-state index is 0.279. The summed E-state index contributed by atoms with van der Waals surface area (Å²) in [5.41, 5.74) is 1.06. The van der Waals surface area contributed by atoms with Crippen LogP contribution in [0.1, 0.15) is 31.6 Å². The molecule has 1 aromatic carbocycles. The van der Waals surface area contributed by atoms with E-state index >= 15 is 0 Å². The van der Waals surface area contributed by atoms with Crippen LogP contribution in [0.25, 0.3) is 11.3 Å². The van der Waals surface area contributed by atoms with Crippen molar-refractivity contribution in [3.8, 4) is 11.3 Å². The Hall–Kier alpha value is -1.65. The van der Waals surface area contributed by atoms with E-state index in [1.165, 1.54) is 12.8 Å². The Bertz CT molecular complexity index is 553. The summed E-state index contributed by atoms with van der Waals surface area (Å²) in [6.07, 6.45) is 6.18. The molecule has 1 aliphatic heterocycles. The van der Waals surface area contributed by atoms with Gasteiger partial charge in [-0.3, -0.25) is 4.90 Å². The highest BCUT2D eigenvalue weighted by molar-refractivity contribution is 5.55. The van der Waals surface area contributed by atoms with Crippen LogP contribution in [-0.4, -0.2) is 34.2 Å². The van der Waals surface area contributed by atoms with Gasteiger partial charge in [-0.05, 0) is 32.2 Å². The van der Waals surface area contributed by atoms with Crippen LogP contribution in [-0.2, 0) is 6.54 Å². The molecule has 4 heteroatoms. The molecule has 0 radical (unpaired) electrons. The van der Waals surface area contributed by atoms with Gasteiger partial charge in [-0.1, -0.05) is 30.3 Å². The average molecular weight is 286 g/mol. The van der Waals surface area contributed by atoms with Crippen molar-refractivity contribution in [3.05, 3.63) is 42.4 Å². The number of aromatic nitrogens is 1. The van der Waals surface area contributed by atoms with E-state index in [0.717, 1.165) is 43.1 Å². The molecule has 1 aliphatic rings. The molecule has 112 valence electrons. The van der Waals surface area contributed by atoms with Crippen molar-refractivity contribution in [3.63, 3.8) is 0 Å². The molecule has 0 bridgehead atoms. The summed E-state index contributed by atoms with van der Waals surface area (Å²) in [5, 5.41) is 8.98. The Labute approximate surface area is 125 Å². The number of rotatable bonds is 6. The fraction of sp³-hybridized carbons (Fsp3) is 0.471. The second kappa shape index (κ2) is 6.87. The van der Waals surface area contributed by atoms with Gasteiger partial charge in [0.05, 0.1) is 12.7 Å². The van der Waals surface area contributed by atoms with Crippen LogP contribution >= 0.6 is 0 Å². The van der Waals surface area contributed by atoms with E-state index in [1.54, 1.807) is 0 Å². The molecular weight excluding hydrogens is 264 g/mol. The molecular formula is C17H22N2O2. The molecule has 0 amide bonds. The van der Waals surface area contributed by atoms with Crippen LogP contribution in [0.2, 0.25) is 0 Å². The molecule has 21 heavy (non-hydrogen) atoms. The third kappa shape index (κ3) is 3.52. The van der Waals surface area contributed by atoms with E-state index < -0.39 is 0 Å². The normalized spacial score (nSPS) is 19.2. The lowest BCUT2D eigenvalue weighted by molar-refractivity contribution is 0.196. The third-order valence-corrected chi connectivity index (χ3v) is 4.14. The topological polar surface area (TPSA) is 49.5 Å². The highest BCUT2D eigenvalue weighted by Crippen LogP contribution is 2.25. The number of hydrogen-bond acceptors (Lipinski definition) is 4. The van der Waals surface area contributed by atoms with Gasteiger partial charge in [0.15, 0.2) is 5.76 Å². The summed E-state index contributed by atoms with van der Waals surface area (Å²) in [4.78, 5) is 6.84. The molecule has 1 unspecified atom stereocenters. The van der Waals surface area contributed by atoms with Crippen molar-refractivity contribution in [1.29, 1.82) is 0 Å². The van der Waals surface area contributed by atoms with Crippen LogP contribution in [0.5, 0.6) is 0 Å². The number of oxazole rings is 1. The molecule has 0 aliphatic carbocycles. The Morgan fingerprint density at radius 3 is 2.95 bits per heavy atom. The zero-order valence-corrected chi connectivity index (χ0v) is 12.2. The Morgan fingerprint density at radius 1 is 1.29 bits per heavy atom. The van der Waals surface area contributed by atoms with Gasteiger partial charge >= 0.3 is 0 Å². The molecule has 1 fully saturated rings. The van der Waals surface area contributed by atoms with Gasteiger partial charge in [0, 0.05) is 18.2 Å². The first-order chi connectivity index (χ1) is 10.4. The van der Waals surface area contributed by atoms with E-state index in [4.69, 9.17) is 9.52 Å². The summed E-state index contributed by atoms with van der Waals surface area (Å²) in [6, 6.07) is 10.6. The molecule has 0 saturated carbocycles. The lowest BCUT2D eigenvalue weighted by atomic mass is 10.1. The quantitative estimate of drug-likeness (QED) is 0.886. The summed E-state index contributed by atoms with van der Waals surface area (Å²) in [5.74, 6) is 1.61. The number of benzene rings is 1. The lowest BCUT2D eigenvalue weighted by Crippen LogP contribution is -2.29. The first-order valence-electron chi connectivity index (χ1n) is 7.72. The van der Waals surface area contributed by atoms with Crippen molar-refractivity contribution >= 4 is 0 Å². The molecule has 2 heterocycles. The first-order valence-corrected chi connectivity index (χ1v) is 7.72.